The molecule has 0 spiro atoms. The molecule has 0 aromatic heterocycles. The van der Waals surface area contributed by atoms with Crippen molar-refractivity contribution in [2.24, 2.45) is 0 Å². The molecule has 0 N–H and O–H groups in total. The van der Waals surface area contributed by atoms with Crippen LogP contribution >= 0.6 is 0 Å². The van der Waals surface area contributed by atoms with Crippen LogP contribution in [0.25, 0.3) is 22.3 Å². The first-order valence-electron chi connectivity index (χ1n) is 12.2. The predicted octanol–water partition coefficient (Wildman–Crippen LogP) is 9.24. The Morgan fingerprint density at radius 2 is 1.10 bits per heavy atom. The second-order valence-corrected chi connectivity index (χ2v) is 8.52. The maximum Gasteiger partial charge on any atom is 0.0796 e. The highest BCUT2D eigenvalue weighted by Crippen LogP contribution is 2.32. The highest BCUT2D eigenvalue weighted by Gasteiger charge is 2.09. The largest absolute Gasteiger partial charge is 0.374 e. The summed E-state index contributed by atoms with van der Waals surface area (Å²) in [4.78, 5) is 0. The smallest absolute Gasteiger partial charge is 0.0796 e. The number of hydrogen-bond acceptors (Lipinski definition) is 1. The standard InChI is InChI=1S/C30H38O/c1-3-4-5-6-7-8-9-15-24-31-25(2)26-20-22-28(23-21-26)30-19-14-13-18-29(30)27-16-11-10-12-17-27/h10-14,16-23,25H,3-9,15,24H2,1-2H3. The summed E-state index contributed by atoms with van der Waals surface area (Å²) in [6, 6.07) is 28.1. The fraction of sp³-hybridized carbons (Fsp3) is 0.400. The van der Waals surface area contributed by atoms with E-state index in [2.05, 4.69) is 92.7 Å². The fourth-order valence-electron chi connectivity index (χ4n) is 4.13. The molecule has 1 nitrogen and oxygen atoms in total. The van der Waals surface area contributed by atoms with E-state index in [9.17, 15) is 0 Å². The Morgan fingerprint density at radius 3 is 1.71 bits per heavy atom. The van der Waals surface area contributed by atoms with Crippen molar-refractivity contribution in [1.82, 2.24) is 0 Å². The van der Waals surface area contributed by atoms with E-state index in [4.69, 9.17) is 4.74 Å². The van der Waals surface area contributed by atoms with E-state index >= 15 is 0 Å². The Hall–Kier alpha value is -2.38. The third-order valence-electron chi connectivity index (χ3n) is 6.07. The quantitative estimate of drug-likeness (QED) is 0.253. The van der Waals surface area contributed by atoms with Gasteiger partial charge in [-0.1, -0.05) is 131 Å². The molecule has 0 heterocycles. The van der Waals surface area contributed by atoms with Crippen LogP contribution in [0.3, 0.4) is 0 Å². The first-order chi connectivity index (χ1) is 15.3. The van der Waals surface area contributed by atoms with E-state index in [1.807, 2.05) is 0 Å². The van der Waals surface area contributed by atoms with Crippen LogP contribution in [0.15, 0.2) is 78.9 Å². The Morgan fingerprint density at radius 1 is 0.581 bits per heavy atom. The van der Waals surface area contributed by atoms with Gasteiger partial charge < -0.3 is 4.74 Å². The number of ether oxygens (including phenoxy) is 1. The third-order valence-corrected chi connectivity index (χ3v) is 6.07. The number of hydrogen-bond donors (Lipinski definition) is 0. The van der Waals surface area contributed by atoms with Gasteiger partial charge in [-0.3, -0.25) is 0 Å². The molecule has 0 aliphatic heterocycles. The van der Waals surface area contributed by atoms with E-state index in [0.29, 0.717) is 0 Å². The van der Waals surface area contributed by atoms with Crippen LogP contribution in [0.2, 0.25) is 0 Å². The van der Waals surface area contributed by atoms with Crippen LogP contribution in [-0.4, -0.2) is 6.61 Å². The monoisotopic (exact) mass is 414 g/mol. The lowest BCUT2D eigenvalue weighted by Crippen LogP contribution is -2.02. The van der Waals surface area contributed by atoms with Crippen molar-refractivity contribution >= 4 is 0 Å². The van der Waals surface area contributed by atoms with Crippen LogP contribution in [0.1, 0.15) is 76.9 Å². The summed E-state index contributed by atoms with van der Waals surface area (Å²) in [7, 11) is 0. The van der Waals surface area contributed by atoms with Gasteiger partial charge in [0.1, 0.15) is 0 Å². The van der Waals surface area contributed by atoms with Crippen molar-refractivity contribution in [2.45, 2.75) is 71.3 Å². The van der Waals surface area contributed by atoms with Crippen molar-refractivity contribution in [3.05, 3.63) is 84.4 Å². The summed E-state index contributed by atoms with van der Waals surface area (Å²) in [5.74, 6) is 0. The molecule has 1 heteroatoms. The molecule has 164 valence electrons. The molecule has 3 aromatic rings. The fourth-order valence-corrected chi connectivity index (χ4v) is 4.13. The topological polar surface area (TPSA) is 9.23 Å². The molecule has 0 saturated heterocycles. The molecule has 0 aliphatic rings. The second kappa shape index (κ2) is 13.1. The van der Waals surface area contributed by atoms with Crippen molar-refractivity contribution in [3.8, 4) is 22.3 Å². The summed E-state index contributed by atoms with van der Waals surface area (Å²) in [6.07, 6.45) is 10.8. The van der Waals surface area contributed by atoms with Gasteiger partial charge in [0.15, 0.2) is 0 Å². The Bertz CT molecular complexity index is 866. The van der Waals surface area contributed by atoms with Gasteiger partial charge >= 0.3 is 0 Å². The van der Waals surface area contributed by atoms with Crippen molar-refractivity contribution in [1.29, 1.82) is 0 Å². The molecular formula is C30H38O. The first-order valence-corrected chi connectivity index (χ1v) is 12.2. The molecule has 31 heavy (non-hydrogen) atoms. The summed E-state index contributed by atoms with van der Waals surface area (Å²) in [5.41, 5.74) is 6.30. The van der Waals surface area contributed by atoms with Crippen molar-refractivity contribution < 1.29 is 4.74 Å². The second-order valence-electron chi connectivity index (χ2n) is 8.52. The molecule has 0 radical (unpaired) electrons. The number of rotatable bonds is 13. The maximum atomic E-state index is 6.11. The van der Waals surface area contributed by atoms with Gasteiger partial charge in [-0.25, -0.2) is 0 Å². The van der Waals surface area contributed by atoms with E-state index in [0.717, 1.165) is 6.61 Å². The van der Waals surface area contributed by atoms with Crippen molar-refractivity contribution in [2.75, 3.05) is 6.61 Å². The maximum absolute atomic E-state index is 6.11. The highest BCUT2D eigenvalue weighted by molar-refractivity contribution is 5.83. The summed E-state index contributed by atoms with van der Waals surface area (Å²) < 4.78 is 6.11. The van der Waals surface area contributed by atoms with E-state index in [-0.39, 0.29) is 6.10 Å². The van der Waals surface area contributed by atoms with Gasteiger partial charge in [0, 0.05) is 6.61 Å². The minimum absolute atomic E-state index is 0.142. The Kier molecular flexibility index (Phi) is 9.86. The van der Waals surface area contributed by atoms with Crippen LogP contribution in [-0.2, 0) is 4.74 Å². The van der Waals surface area contributed by atoms with E-state index in [1.54, 1.807) is 0 Å². The zero-order valence-corrected chi connectivity index (χ0v) is 19.4. The molecule has 0 bridgehead atoms. The number of unbranched alkanes of at least 4 members (excludes halogenated alkanes) is 7. The van der Waals surface area contributed by atoms with Gasteiger partial charge in [-0.15, -0.1) is 0 Å². The molecule has 3 rings (SSSR count). The van der Waals surface area contributed by atoms with Gasteiger partial charge in [-0.2, -0.15) is 0 Å². The van der Waals surface area contributed by atoms with Crippen LogP contribution in [0, 0.1) is 0 Å². The third kappa shape index (κ3) is 7.36. The normalized spacial score (nSPS) is 12.1. The Balaban J connectivity index is 1.50. The molecule has 0 fully saturated rings. The van der Waals surface area contributed by atoms with Crippen LogP contribution in [0.4, 0.5) is 0 Å². The SMILES string of the molecule is CCCCCCCCCCOC(C)c1ccc(-c2ccccc2-c2ccccc2)cc1. The summed E-state index contributed by atoms with van der Waals surface area (Å²) in [5, 5.41) is 0. The number of benzene rings is 3. The van der Waals surface area contributed by atoms with Gasteiger partial charge in [-0.05, 0) is 41.2 Å². The average molecular weight is 415 g/mol. The van der Waals surface area contributed by atoms with Crippen LogP contribution in [0.5, 0.6) is 0 Å². The molecule has 1 unspecified atom stereocenters. The lowest BCUT2D eigenvalue weighted by Gasteiger charge is -2.15. The first kappa shape index (κ1) is 23.3. The van der Waals surface area contributed by atoms with Gasteiger partial charge in [0.05, 0.1) is 6.10 Å². The molecule has 1 atom stereocenters. The molecular weight excluding hydrogens is 376 g/mol. The summed E-state index contributed by atoms with van der Waals surface area (Å²) >= 11 is 0. The lowest BCUT2D eigenvalue weighted by molar-refractivity contribution is 0.0627. The zero-order valence-electron chi connectivity index (χ0n) is 19.4. The summed E-state index contributed by atoms with van der Waals surface area (Å²) in [6.45, 7) is 5.29. The van der Waals surface area contributed by atoms with Gasteiger partial charge in [0.25, 0.3) is 0 Å². The lowest BCUT2D eigenvalue weighted by atomic mass is 9.94. The highest BCUT2D eigenvalue weighted by atomic mass is 16.5. The molecule has 0 amide bonds. The molecule has 3 aromatic carbocycles. The van der Waals surface area contributed by atoms with Crippen molar-refractivity contribution in [3.63, 3.8) is 0 Å². The van der Waals surface area contributed by atoms with Gasteiger partial charge in [0.2, 0.25) is 0 Å². The molecule has 0 aliphatic carbocycles. The zero-order chi connectivity index (χ0) is 21.7. The molecule has 0 saturated carbocycles. The van der Waals surface area contributed by atoms with E-state index in [1.165, 1.54) is 79.2 Å². The average Bonchev–Trinajstić information content (AvgIpc) is 2.83. The minimum Gasteiger partial charge on any atom is -0.374 e. The van der Waals surface area contributed by atoms with Crippen LogP contribution < -0.4 is 0 Å². The predicted molar refractivity (Wildman–Crippen MR) is 134 cm³/mol. The minimum atomic E-state index is 0.142. The Labute approximate surface area is 189 Å². The van der Waals surface area contributed by atoms with E-state index < -0.39 is 0 Å².